The van der Waals surface area contributed by atoms with Gasteiger partial charge in [-0.2, -0.15) is 0 Å². The summed E-state index contributed by atoms with van der Waals surface area (Å²) in [6, 6.07) is 0. The molecule has 0 aromatic rings. The summed E-state index contributed by atoms with van der Waals surface area (Å²) in [5, 5.41) is 2.19. The zero-order chi connectivity index (χ0) is 5.70. The molecule has 0 saturated carbocycles. The summed E-state index contributed by atoms with van der Waals surface area (Å²) in [6.07, 6.45) is 0. The third kappa shape index (κ3) is 3.38. The minimum atomic E-state index is 1.07. The molecule has 0 aliphatic rings. The van der Waals surface area contributed by atoms with E-state index in [0.29, 0.717) is 0 Å². The first kappa shape index (κ1) is 7.79. The van der Waals surface area contributed by atoms with Crippen LogP contribution in [0.3, 0.4) is 0 Å². The molecule has 0 amide bonds. The van der Waals surface area contributed by atoms with Gasteiger partial charge >= 0.3 is 60.0 Å². The third-order valence-corrected chi connectivity index (χ3v) is 2.06. The van der Waals surface area contributed by atoms with Crippen LogP contribution >= 0.6 is 0 Å². The molecule has 1 N–H and O–H groups in total. The molecule has 0 spiro atoms. The molecule has 0 radical (unpaired) electrons. The van der Waals surface area contributed by atoms with Gasteiger partial charge in [0.2, 0.25) is 0 Å². The Balaban J connectivity index is 2.99. The predicted molar refractivity (Wildman–Crippen MR) is 26.1 cm³/mol. The zero-order valence-electron chi connectivity index (χ0n) is 4.86. The summed E-state index contributed by atoms with van der Waals surface area (Å²) in [4.78, 5) is 0. The number of hydrogen-bond acceptors (Lipinski definition) is 2. The standard InChI is InChI=1S/C4H11N2.Hf/c1-3-6(5)4-2;/h5H,3-4H2,1-2H3;/q-1;+1. The van der Waals surface area contributed by atoms with Gasteiger partial charge in [-0.1, -0.05) is 0 Å². The topological polar surface area (TPSA) is 15.3 Å². The van der Waals surface area contributed by atoms with Crippen molar-refractivity contribution >= 4 is 0 Å². The fourth-order valence-corrected chi connectivity index (χ4v) is 1.52. The maximum atomic E-state index is 3.17. The second-order valence-corrected chi connectivity index (χ2v) is 2.09. The molecule has 0 unspecified atom stereocenters. The molecule has 0 aromatic heterocycles. The van der Waals surface area contributed by atoms with Crippen LogP contribution < -0.4 is 3.41 Å². The molecule has 0 rings (SSSR count). The van der Waals surface area contributed by atoms with Crippen molar-refractivity contribution in [3.05, 3.63) is 0 Å². The van der Waals surface area contributed by atoms with E-state index in [9.17, 15) is 0 Å². The van der Waals surface area contributed by atoms with Gasteiger partial charge in [0.1, 0.15) is 0 Å². The van der Waals surface area contributed by atoms with Crippen LogP contribution in [-0.4, -0.2) is 18.1 Å². The van der Waals surface area contributed by atoms with Crippen LogP contribution in [-0.2, 0) is 24.7 Å². The van der Waals surface area contributed by atoms with Crippen molar-refractivity contribution in [2.24, 2.45) is 0 Å². The zero-order valence-corrected chi connectivity index (χ0v) is 8.45. The van der Waals surface area contributed by atoms with Crippen molar-refractivity contribution in [1.82, 2.24) is 8.42 Å². The molecule has 0 bridgehead atoms. The van der Waals surface area contributed by atoms with Crippen LogP contribution in [0.15, 0.2) is 0 Å². The molecular formula is C4H11HfN2. The number of hydrogen-bond donors (Lipinski definition) is 1. The fraction of sp³-hybridized carbons (Fsp3) is 1.00. The number of rotatable bonds is 3. The summed E-state index contributed by atoms with van der Waals surface area (Å²) in [5.41, 5.74) is 0. The van der Waals surface area contributed by atoms with Gasteiger partial charge < -0.3 is 0 Å². The van der Waals surface area contributed by atoms with Gasteiger partial charge in [0, 0.05) is 0 Å². The Morgan fingerprint density at radius 1 is 1.43 bits per heavy atom. The first-order chi connectivity index (χ1) is 3.35. The molecule has 0 aromatic carbocycles. The van der Waals surface area contributed by atoms with Crippen molar-refractivity contribution in [3.63, 3.8) is 0 Å². The number of nitrogens with one attached hydrogen (secondary N) is 1. The molecule has 0 atom stereocenters. The van der Waals surface area contributed by atoms with Gasteiger partial charge in [-0.25, -0.2) is 0 Å². The first-order valence-corrected chi connectivity index (χ1v) is 4.32. The van der Waals surface area contributed by atoms with Crippen LogP contribution in [0, 0.1) is 0 Å². The predicted octanol–water partition coefficient (Wildman–Crippen LogP) is 0.295. The monoisotopic (exact) mass is 267 g/mol. The van der Waals surface area contributed by atoms with Crippen LogP contribution in [0.5, 0.6) is 0 Å². The van der Waals surface area contributed by atoms with E-state index in [1.54, 1.807) is 0 Å². The molecule has 0 heterocycles. The van der Waals surface area contributed by atoms with E-state index in [0.717, 1.165) is 37.8 Å². The van der Waals surface area contributed by atoms with Crippen LogP contribution in [0.2, 0.25) is 0 Å². The summed E-state index contributed by atoms with van der Waals surface area (Å²) >= 11 is 1.07. The summed E-state index contributed by atoms with van der Waals surface area (Å²) in [6.45, 7) is 6.52. The molecule has 3 heteroatoms. The molecule has 7 heavy (non-hydrogen) atoms. The van der Waals surface area contributed by atoms with Gasteiger partial charge in [-0.15, -0.1) is 0 Å². The van der Waals surface area contributed by atoms with Crippen molar-refractivity contribution < 1.29 is 24.7 Å². The van der Waals surface area contributed by atoms with Crippen LogP contribution in [0.1, 0.15) is 13.8 Å². The van der Waals surface area contributed by atoms with E-state index in [1.165, 1.54) is 0 Å². The van der Waals surface area contributed by atoms with Gasteiger partial charge in [-0.05, 0) is 0 Å². The van der Waals surface area contributed by atoms with E-state index in [-0.39, 0.29) is 0 Å². The number of hydrazine groups is 1. The summed E-state index contributed by atoms with van der Waals surface area (Å²) in [5.74, 6) is 0. The Hall–Kier alpha value is 0.790. The Morgan fingerprint density at radius 3 is 1.86 bits per heavy atom. The summed E-state index contributed by atoms with van der Waals surface area (Å²) in [7, 11) is 0. The Labute approximate surface area is 60.2 Å². The van der Waals surface area contributed by atoms with Gasteiger partial charge in [0.15, 0.2) is 0 Å². The molecule has 0 aliphatic heterocycles. The molecule has 0 aliphatic carbocycles. The molecular weight excluding hydrogens is 255 g/mol. The van der Waals surface area contributed by atoms with E-state index in [2.05, 4.69) is 22.3 Å². The Kier molecular flexibility index (Phi) is 5.49. The minimum absolute atomic E-state index is 1.07. The maximum absolute atomic E-state index is 3.17. The average Bonchev–Trinajstić information content (AvgIpc) is 1.72. The van der Waals surface area contributed by atoms with Crippen LogP contribution in [0.25, 0.3) is 0 Å². The SMILES string of the molecule is CCN(CC)[NH][Hf]. The van der Waals surface area contributed by atoms with E-state index >= 15 is 0 Å². The van der Waals surface area contributed by atoms with E-state index < -0.39 is 0 Å². The third-order valence-electron chi connectivity index (χ3n) is 0.922. The Bertz CT molecular complexity index is 31.2. The van der Waals surface area contributed by atoms with Crippen molar-refractivity contribution in [2.45, 2.75) is 13.8 Å². The number of nitrogens with zero attached hydrogens (tertiary/aromatic N) is 1. The average molecular weight is 266 g/mol. The second kappa shape index (κ2) is 4.94. The second-order valence-electron chi connectivity index (χ2n) is 1.28. The first-order valence-electron chi connectivity index (χ1n) is 2.52. The van der Waals surface area contributed by atoms with Crippen molar-refractivity contribution in [3.8, 4) is 0 Å². The molecule has 0 fully saturated rings. The Morgan fingerprint density at radius 2 is 1.86 bits per heavy atom. The van der Waals surface area contributed by atoms with Crippen LogP contribution in [0.4, 0.5) is 0 Å². The van der Waals surface area contributed by atoms with Gasteiger partial charge in [0.05, 0.1) is 0 Å². The van der Waals surface area contributed by atoms with E-state index in [4.69, 9.17) is 0 Å². The normalized spacial score (nSPS) is 10.0. The quantitative estimate of drug-likeness (QED) is 0.583. The molecule has 0 saturated heterocycles. The van der Waals surface area contributed by atoms with E-state index in [1.807, 2.05) is 0 Å². The molecule has 41 valence electrons. The van der Waals surface area contributed by atoms with Gasteiger partial charge in [-0.3, -0.25) is 0 Å². The van der Waals surface area contributed by atoms with Gasteiger partial charge in [0.25, 0.3) is 0 Å². The van der Waals surface area contributed by atoms with Crippen molar-refractivity contribution in [2.75, 3.05) is 13.1 Å². The molecule has 2 nitrogen and oxygen atoms in total. The van der Waals surface area contributed by atoms with Crippen molar-refractivity contribution in [1.29, 1.82) is 0 Å². The summed E-state index contributed by atoms with van der Waals surface area (Å²) < 4.78 is 3.17. The fourth-order valence-electron chi connectivity index (χ4n) is 0.382.